The first-order valence-corrected chi connectivity index (χ1v) is 12.2. The molecule has 4 aromatic rings. The third-order valence-electron chi connectivity index (χ3n) is 5.84. The number of nitrogens with zero attached hydrogens (tertiary/aromatic N) is 7. The molecule has 0 amide bonds. The second kappa shape index (κ2) is 9.49. The summed E-state index contributed by atoms with van der Waals surface area (Å²) in [6, 6.07) is 6.71. The molecule has 0 atom stereocenters. The van der Waals surface area contributed by atoms with Crippen molar-refractivity contribution in [2.75, 3.05) is 0 Å². The number of unbranched alkanes of at least 4 members (excludes halogenated alkanes) is 2. The highest BCUT2D eigenvalue weighted by Gasteiger charge is 2.25. The molecule has 0 fully saturated rings. The van der Waals surface area contributed by atoms with Crippen LogP contribution in [0.25, 0.3) is 17.2 Å². The summed E-state index contributed by atoms with van der Waals surface area (Å²) < 4.78 is 9.75. The largest absolute Gasteiger partial charge is 0.508 e. The zero-order valence-corrected chi connectivity index (χ0v) is 20.3. The van der Waals surface area contributed by atoms with Crippen molar-refractivity contribution in [2.24, 2.45) is 4.99 Å². The van der Waals surface area contributed by atoms with E-state index < -0.39 is 0 Å². The number of benzene rings is 1. The molecular weight excluding hydrogens is 502 g/mol. The summed E-state index contributed by atoms with van der Waals surface area (Å²) in [4.78, 5) is 22.2. The number of rotatable bonds is 9. The van der Waals surface area contributed by atoms with Crippen molar-refractivity contribution in [1.29, 1.82) is 0 Å². The monoisotopic (exact) mass is 525 g/mol. The summed E-state index contributed by atoms with van der Waals surface area (Å²) >= 11 is 3.45. The third kappa shape index (κ3) is 4.27. The van der Waals surface area contributed by atoms with E-state index >= 15 is 0 Å². The van der Waals surface area contributed by atoms with Gasteiger partial charge in [-0.1, -0.05) is 37.1 Å². The summed E-state index contributed by atoms with van der Waals surface area (Å²) in [5.41, 5.74) is 1.24. The molecule has 4 heterocycles. The molecule has 1 N–H and O–H groups in total. The van der Waals surface area contributed by atoms with E-state index in [-0.39, 0.29) is 11.3 Å². The van der Waals surface area contributed by atoms with Crippen LogP contribution in [0.2, 0.25) is 0 Å². The SMILES string of the molecule is CCCCCn1c2c(c(=O)n3c(CCCc4nc(-c5cccc(O)c5)no4)nnc13)CC(Br)=N2. The number of hydrogen-bond acceptors (Lipinski definition) is 8. The molecule has 5 rings (SSSR count). The van der Waals surface area contributed by atoms with Crippen molar-refractivity contribution in [2.45, 2.75) is 58.4 Å². The molecule has 1 aliphatic rings. The van der Waals surface area contributed by atoms with Crippen molar-refractivity contribution in [3.8, 4) is 17.1 Å². The topological polar surface area (TPSA) is 124 Å². The first kappa shape index (κ1) is 22.5. The van der Waals surface area contributed by atoms with Crippen LogP contribution in [-0.2, 0) is 25.8 Å². The van der Waals surface area contributed by atoms with Gasteiger partial charge < -0.3 is 9.63 Å². The summed E-state index contributed by atoms with van der Waals surface area (Å²) in [5.74, 6) is 2.89. The van der Waals surface area contributed by atoms with Gasteiger partial charge in [0.1, 0.15) is 17.4 Å². The first-order valence-electron chi connectivity index (χ1n) is 11.4. The van der Waals surface area contributed by atoms with Crippen LogP contribution in [0.4, 0.5) is 5.82 Å². The Balaban J connectivity index is 1.36. The molecule has 1 aromatic carbocycles. The first-order chi connectivity index (χ1) is 16.5. The van der Waals surface area contributed by atoms with E-state index in [1.165, 1.54) is 0 Å². The van der Waals surface area contributed by atoms with Crippen LogP contribution in [0.3, 0.4) is 0 Å². The molecule has 34 heavy (non-hydrogen) atoms. The minimum absolute atomic E-state index is 0.112. The van der Waals surface area contributed by atoms with Gasteiger partial charge in [-0.25, -0.2) is 9.39 Å². The van der Waals surface area contributed by atoms with E-state index in [1.807, 2.05) is 10.6 Å². The lowest BCUT2D eigenvalue weighted by atomic mass is 10.2. The van der Waals surface area contributed by atoms with Gasteiger partial charge in [-0.3, -0.25) is 9.36 Å². The van der Waals surface area contributed by atoms with Gasteiger partial charge in [0.05, 0.1) is 10.2 Å². The number of aryl methyl sites for hydroxylation is 3. The molecule has 3 aromatic heterocycles. The number of aromatic hydroxyl groups is 1. The predicted molar refractivity (Wildman–Crippen MR) is 130 cm³/mol. The van der Waals surface area contributed by atoms with Gasteiger partial charge in [0.15, 0.2) is 0 Å². The van der Waals surface area contributed by atoms with Gasteiger partial charge in [-0.15, -0.1) is 10.2 Å². The lowest BCUT2D eigenvalue weighted by Gasteiger charge is -2.12. The maximum atomic E-state index is 13.3. The van der Waals surface area contributed by atoms with Gasteiger partial charge in [0, 0.05) is 31.4 Å². The van der Waals surface area contributed by atoms with E-state index in [9.17, 15) is 9.90 Å². The molecule has 176 valence electrons. The maximum absolute atomic E-state index is 13.3. The van der Waals surface area contributed by atoms with E-state index in [2.05, 4.69) is 48.2 Å². The van der Waals surface area contributed by atoms with E-state index in [0.717, 1.165) is 30.4 Å². The average Bonchev–Trinajstić information content (AvgIpc) is 3.55. The van der Waals surface area contributed by atoms with Crippen LogP contribution >= 0.6 is 15.9 Å². The van der Waals surface area contributed by atoms with E-state index in [0.29, 0.717) is 65.9 Å². The zero-order chi connectivity index (χ0) is 23.7. The lowest BCUT2D eigenvalue weighted by molar-refractivity contribution is 0.375. The van der Waals surface area contributed by atoms with Crippen LogP contribution in [0, 0.1) is 0 Å². The van der Waals surface area contributed by atoms with Crippen molar-refractivity contribution in [3.63, 3.8) is 0 Å². The molecule has 0 spiro atoms. The Morgan fingerprint density at radius 1 is 1.18 bits per heavy atom. The molecule has 1 aliphatic heterocycles. The van der Waals surface area contributed by atoms with Gasteiger partial charge in [-0.05, 0) is 40.9 Å². The maximum Gasteiger partial charge on any atom is 0.266 e. The number of fused-ring (bicyclic) bond motifs is 2. The Bertz CT molecular complexity index is 1440. The Hall–Kier alpha value is -3.34. The number of phenolic OH excluding ortho intramolecular Hbond substituents is 1. The molecule has 0 aliphatic carbocycles. The zero-order valence-electron chi connectivity index (χ0n) is 18.7. The fourth-order valence-electron chi connectivity index (χ4n) is 4.17. The number of aliphatic imine (C=N–C) groups is 1. The normalized spacial score (nSPS) is 12.9. The summed E-state index contributed by atoms with van der Waals surface area (Å²) in [6.45, 7) is 2.90. The standard InChI is InChI=1S/C23H24BrN7O3/c1-2-3-4-11-30-21-16(13-17(24)25-21)22(33)31-18(27-28-23(30)31)9-6-10-19-26-20(29-34-19)14-7-5-8-15(32)12-14/h5,7-8,12,32H,2-4,6,9-11,13H2,1H3. The number of halogens is 1. The van der Waals surface area contributed by atoms with Crippen LogP contribution in [0.1, 0.15) is 49.9 Å². The minimum Gasteiger partial charge on any atom is -0.508 e. The number of aromatic nitrogens is 6. The van der Waals surface area contributed by atoms with Crippen molar-refractivity contribution < 1.29 is 9.63 Å². The molecule has 0 saturated carbocycles. The average molecular weight is 526 g/mol. The Kier molecular flexibility index (Phi) is 6.27. The lowest BCUT2D eigenvalue weighted by Crippen LogP contribution is -2.23. The number of phenols is 1. The van der Waals surface area contributed by atoms with Crippen molar-refractivity contribution in [1.82, 2.24) is 29.3 Å². The Morgan fingerprint density at radius 3 is 2.88 bits per heavy atom. The molecule has 0 saturated heterocycles. The molecule has 0 bridgehead atoms. The third-order valence-corrected chi connectivity index (χ3v) is 6.30. The Labute approximate surface area is 203 Å². The summed E-state index contributed by atoms with van der Waals surface area (Å²) in [5, 5.41) is 22.3. The smallest absolute Gasteiger partial charge is 0.266 e. The van der Waals surface area contributed by atoms with Crippen LogP contribution < -0.4 is 5.56 Å². The minimum atomic E-state index is -0.112. The summed E-state index contributed by atoms with van der Waals surface area (Å²) in [6.07, 6.45) is 5.39. The molecule has 0 radical (unpaired) electrons. The fraction of sp³-hybridized carbons (Fsp3) is 0.391. The molecule has 0 unspecified atom stereocenters. The van der Waals surface area contributed by atoms with E-state index in [1.54, 1.807) is 22.6 Å². The van der Waals surface area contributed by atoms with Crippen LogP contribution in [0.5, 0.6) is 5.75 Å². The van der Waals surface area contributed by atoms with Crippen molar-refractivity contribution in [3.05, 3.63) is 51.9 Å². The molecule has 10 nitrogen and oxygen atoms in total. The molecular formula is C23H24BrN7O3. The second-order valence-electron chi connectivity index (χ2n) is 8.30. The highest BCUT2D eigenvalue weighted by molar-refractivity contribution is 9.18. The van der Waals surface area contributed by atoms with Gasteiger partial charge in [0.2, 0.25) is 17.5 Å². The highest BCUT2D eigenvalue weighted by atomic mass is 79.9. The van der Waals surface area contributed by atoms with Gasteiger partial charge in [0.25, 0.3) is 5.56 Å². The van der Waals surface area contributed by atoms with Crippen molar-refractivity contribution >= 4 is 32.1 Å². The molecule has 11 heteroatoms. The highest BCUT2D eigenvalue weighted by Crippen LogP contribution is 2.28. The van der Waals surface area contributed by atoms with E-state index in [4.69, 9.17) is 4.52 Å². The number of hydrogen-bond donors (Lipinski definition) is 1. The quantitative estimate of drug-likeness (QED) is 0.327. The van der Waals surface area contributed by atoms with Gasteiger partial charge in [-0.2, -0.15) is 4.98 Å². The van der Waals surface area contributed by atoms with Crippen LogP contribution in [-0.4, -0.2) is 39.0 Å². The predicted octanol–water partition coefficient (Wildman–Crippen LogP) is 3.99. The second-order valence-corrected chi connectivity index (χ2v) is 9.21. The fourth-order valence-corrected chi connectivity index (χ4v) is 4.61. The van der Waals surface area contributed by atoms with Gasteiger partial charge >= 0.3 is 0 Å². The summed E-state index contributed by atoms with van der Waals surface area (Å²) in [7, 11) is 0. The van der Waals surface area contributed by atoms with Crippen LogP contribution in [0.15, 0.2) is 38.6 Å². The Morgan fingerprint density at radius 2 is 2.06 bits per heavy atom.